The Morgan fingerprint density at radius 2 is 1.90 bits per heavy atom. The number of aromatic nitrogens is 1. The van der Waals surface area contributed by atoms with Gasteiger partial charge in [-0.15, -0.1) is 0 Å². The van der Waals surface area contributed by atoms with Crippen molar-refractivity contribution in [3.8, 4) is 5.75 Å². The van der Waals surface area contributed by atoms with Gasteiger partial charge in [0, 0.05) is 51.7 Å². The Morgan fingerprint density at radius 1 is 1.07 bits per heavy atom. The van der Waals surface area contributed by atoms with Gasteiger partial charge in [0.15, 0.2) is 0 Å². The fraction of sp³-hybridized carbons (Fsp3) is 0.478. The maximum absolute atomic E-state index is 12.2. The monoisotopic (exact) mass is 394 g/mol. The van der Waals surface area contributed by atoms with Crippen molar-refractivity contribution in [2.24, 2.45) is 0 Å². The average molecular weight is 395 g/mol. The number of hydrogen-bond donors (Lipinski definition) is 1. The molecular formula is C23H30N4O2. The Morgan fingerprint density at radius 3 is 2.72 bits per heavy atom. The third kappa shape index (κ3) is 5.78. The van der Waals surface area contributed by atoms with E-state index in [1.54, 1.807) is 12.4 Å². The number of rotatable bonds is 8. The third-order valence-electron chi connectivity index (χ3n) is 5.79. The molecule has 4 rings (SSSR count). The second-order valence-corrected chi connectivity index (χ2v) is 7.89. The normalized spacial score (nSPS) is 17.1. The highest BCUT2D eigenvalue weighted by Crippen LogP contribution is 2.25. The minimum Gasteiger partial charge on any atom is -0.492 e. The van der Waals surface area contributed by atoms with Crippen molar-refractivity contribution in [2.75, 3.05) is 45.9 Å². The fourth-order valence-corrected chi connectivity index (χ4v) is 4.06. The lowest BCUT2D eigenvalue weighted by Crippen LogP contribution is -2.50. The van der Waals surface area contributed by atoms with Crippen molar-refractivity contribution in [3.05, 3.63) is 59.4 Å². The summed E-state index contributed by atoms with van der Waals surface area (Å²) in [5, 5.41) is 2.97. The van der Waals surface area contributed by atoms with E-state index in [4.69, 9.17) is 4.74 Å². The summed E-state index contributed by atoms with van der Waals surface area (Å²) < 4.78 is 5.97. The summed E-state index contributed by atoms with van der Waals surface area (Å²) in [6, 6.07) is 10.4. The molecule has 2 aromatic rings. The molecule has 2 aliphatic rings. The number of amides is 1. The van der Waals surface area contributed by atoms with E-state index >= 15 is 0 Å². The molecule has 1 fully saturated rings. The van der Waals surface area contributed by atoms with E-state index in [0.717, 1.165) is 44.0 Å². The summed E-state index contributed by atoms with van der Waals surface area (Å²) in [5.41, 5.74) is 3.96. The molecule has 1 N–H and O–H groups in total. The zero-order valence-electron chi connectivity index (χ0n) is 17.0. The number of pyridine rings is 1. The molecule has 1 aliphatic carbocycles. The Kier molecular flexibility index (Phi) is 6.75. The van der Waals surface area contributed by atoms with Crippen LogP contribution in [0.2, 0.25) is 0 Å². The van der Waals surface area contributed by atoms with Crippen LogP contribution >= 0.6 is 0 Å². The number of piperazine rings is 1. The number of benzene rings is 1. The van der Waals surface area contributed by atoms with Gasteiger partial charge in [-0.1, -0.05) is 12.1 Å². The van der Waals surface area contributed by atoms with Crippen molar-refractivity contribution < 1.29 is 9.53 Å². The predicted octanol–water partition coefficient (Wildman–Crippen LogP) is 1.88. The highest BCUT2D eigenvalue weighted by Gasteiger charge is 2.19. The SMILES string of the molecule is O=C(CN1CCN(CCOc2ccc3c(c2)CCC3)CC1)NCc1cccnc1. The van der Waals surface area contributed by atoms with Gasteiger partial charge in [-0.25, -0.2) is 0 Å². The lowest BCUT2D eigenvalue weighted by atomic mass is 10.1. The van der Waals surface area contributed by atoms with Crippen LogP contribution in [-0.4, -0.2) is 66.6 Å². The van der Waals surface area contributed by atoms with E-state index in [2.05, 4.69) is 38.3 Å². The standard InChI is InChI=1S/C23H30N4O2/c28-23(25-17-19-3-2-8-24-16-19)18-27-11-9-26(10-12-27)13-14-29-22-7-6-20-4-1-5-21(20)15-22/h2-3,6-8,15-16H,1,4-5,9-14,17-18H2,(H,25,28). The van der Waals surface area contributed by atoms with Crippen LogP contribution < -0.4 is 10.1 Å². The zero-order valence-corrected chi connectivity index (χ0v) is 17.0. The Hall–Kier alpha value is -2.44. The second kappa shape index (κ2) is 9.85. The molecule has 6 nitrogen and oxygen atoms in total. The first-order chi connectivity index (χ1) is 14.3. The number of nitrogens with zero attached hydrogens (tertiary/aromatic N) is 3. The van der Waals surface area contributed by atoms with Gasteiger partial charge >= 0.3 is 0 Å². The molecule has 154 valence electrons. The highest BCUT2D eigenvalue weighted by molar-refractivity contribution is 5.78. The van der Waals surface area contributed by atoms with Crippen molar-refractivity contribution in [1.29, 1.82) is 0 Å². The van der Waals surface area contributed by atoms with Crippen molar-refractivity contribution in [3.63, 3.8) is 0 Å². The molecule has 1 amide bonds. The Bertz CT molecular complexity index is 804. The molecule has 2 heterocycles. The summed E-state index contributed by atoms with van der Waals surface area (Å²) in [7, 11) is 0. The van der Waals surface area contributed by atoms with Crippen molar-refractivity contribution in [1.82, 2.24) is 20.1 Å². The first-order valence-electron chi connectivity index (χ1n) is 10.6. The minimum absolute atomic E-state index is 0.0715. The van der Waals surface area contributed by atoms with Crippen LogP contribution in [0, 0.1) is 0 Å². The van der Waals surface area contributed by atoms with Crippen LogP contribution in [-0.2, 0) is 24.2 Å². The van der Waals surface area contributed by atoms with Gasteiger partial charge in [-0.2, -0.15) is 0 Å². The van der Waals surface area contributed by atoms with Gasteiger partial charge in [0.2, 0.25) is 5.91 Å². The van der Waals surface area contributed by atoms with Gasteiger partial charge < -0.3 is 10.1 Å². The van der Waals surface area contributed by atoms with Crippen LogP contribution in [0.4, 0.5) is 0 Å². The topological polar surface area (TPSA) is 57.7 Å². The van der Waals surface area contributed by atoms with Crippen molar-refractivity contribution >= 4 is 5.91 Å². The number of ether oxygens (including phenoxy) is 1. The van der Waals surface area contributed by atoms with E-state index in [-0.39, 0.29) is 5.91 Å². The van der Waals surface area contributed by atoms with Gasteiger partial charge in [0.05, 0.1) is 6.54 Å². The molecular weight excluding hydrogens is 364 g/mol. The molecule has 1 saturated heterocycles. The average Bonchev–Trinajstić information content (AvgIpc) is 3.22. The van der Waals surface area contributed by atoms with E-state index < -0.39 is 0 Å². The number of carbonyl (C=O) groups excluding carboxylic acids is 1. The molecule has 1 aromatic heterocycles. The molecule has 0 unspecified atom stereocenters. The number of fused-ring (bicyclic) bond motifs is 1. The molecule has 1 aromatic carbocycles. The molecule has 29 heavy (non-hydrogen) atoms. The summed E-state index contributed by atoms with van der Waals surface area (Å²) in [4.78, 5) is 20.9. The van der Waals surface area contributed by atoms with Crippen LogP contribution in [0.5, 0.6) is 5.75 Å². The van der Waals surface area contributed by atoms with Gasteiger partial charge in [-0.05, 0) is 54.2 Å². The maximum atomic E-state index is 12.2. The molecule has 0 saturated carbocycles. The van der Waals surface area contributed by atoms with Gasteiger partial charge in [0.1, 0.15) is 12.4 Å². The largest absolute Gasteiger partial charge is 0.492 e. The molecule has 0 bridgehead atoms. The smallest absolute Gasteiger partial charge is 0.234 e. The van der Waals surface area contributed by atoms with E-state index in [1.807, 2.05) is 12.1 Å². The van der Waals surface area contributed by atoms with Crippen LogP contribution in [0.25, 0.3) is 0 Å². The lowest BCUT2D eigenvalue weighted by Gasteiger charge is -2.34. The Balaban J connectivity index is 1.11. The number of nitrogens with one attached hydrogen (secondary N) is 1. The Labute approximate surface area is 172 Å². The molecule has 0 spiro atoms. The summed E-state index contributed by atoms with van der Waals surface area (Å²) in [6.07, 6.45) is 7.18. The maximum Gasteiger partial charge on any atom is 0.234 e. The third-order valence-corrected chi connectivity index (χ3v) is 5.79. The lowest BCUT2D eigenvalue weighted by molar-refractivity contribution is -0.122. The summed E-state index contributed by atoms with van der Waals surface area (Å²) in [5.74, 6) is 1.07. The predicted molar refractivity (Wildman–Crippen MR) is 113 cm³/mol. The van der Waals surface area contributed by atoms with E-state index in [0.29, 0.717) is 19.7 Å². The fourth-order valence-electron chi connectivity index (χ4n) is 4.06. The van der Waals surface area contributed by atoms with E-state index in [9.17, 15) is 4.79 Å². The van der Waals surface area contributed by atoms with Gasteiger partial charge in [-0.3, -0.25) is 19.6 Å². The van der Waals surface area contributed by atoms with Crippen LogP contribution in [0.1, 0.15) is 23.1 Å². The van der Waals surface area contributed by atoms with Crippen LogP contribution in [0.3, 0.4) is 0 Å². The first-order valence-corrected chi connectivity index (χ1v) is 10.6. The van der Waals surface area contributed by atoms with E-state index in [1.165, 1.54) is 30.4 Å². The molecule has 6 heteroatoms. The van der Waals surface area contributed by atoms with Gasteiger partial charge in [0.25, 0.3) is 0 Å². The summed E-state index contributed by atoms with van der Waals surface area (Å²) >= 11 is 0. The number of carbonyl (C=O) groups is 1. The van der Waals surface area contributed by atoms with Crippen LogP contribution in [0.15, 0.2) is 42.7 Å². The highest BCUT2D eigenvalue weighted by atomic mass is 16.5. The number of hydrogen-bond acceptors (Lipinski definition) is 5. The quantitative estimate of drug-likeness (QED) is 0.741. The second-order valence-electron chi connectivity index (χ2n) is 7.89. The number of aryl methyl sites for hydroxylation is 2. The zero-order chi connectivity index (χ0) is 19.9. The molecule has 0 atom stereocenters. The summed E-state index contributed by atoms with van der Waals surface area (Å²) in [6.45, 7) is 6.42. The van der Waals surface area contributed by atoms with Crippen molar-refractivity contribution in [2.45, 2.75) is 25.8 Å². The molecule has 0 radical (unpaired) electrons. The first kappa shape index (κ1) is 19.9. The molecule has 1 aliphatic heterocycles. The minimum atomic E-state index is 0.0715.